The van der Waals surface area contributed by atoms with Gasteiger partial charge in [0.05, 0.1) is 16.3 Å². The topological polar surface area (TPSA) is 66.5 Å². The highest BCUT2D eigenvalue weighted by atomic mass is 32.2. The molecule has 1 N–H and O–H groups in total. The summed E-state index contributed by atoms with van der Waals surface area (Å²) in [5.74, 6) is -0.472. The smallest absolute Gasteiger partial charge is 0.265 e. The molecule has 1 aliphatic rings. The van der Waals surface area contributed by atoms with Gasteiger partial charge in [-0.05, 0) is 30.2 Å². The van der Waals surface area contributed by atoms with E-state index < -0.39 is 16.1 Å². The van der Waals surface area contributed by atoms with E-state index in [1.54, 1.807) is 54.6 Å². The summed E-state index contributed by atoms with van der Waals surface area (Å²) in [4.78, 5) is 12.6. The van der Waals surface area contributed by atoms with E-state index in [4.69, 9.17) is 0 Å². The molecule has 2 aromatic rings. The Kier molecular flexibility index (Phi) is 3.85. The molecule has 3 rings (SSSR count). The van der Waals surface area contributed by atoms with Crippen molar-refractivity contribution in [3.63, 3.8) is 0 Å². The van der Waals surface area contributed by atoms with Gasteiger partial charge in [-0.25, -0.2) is 8.42 Å². The number of sulfonamides is 1. The highest BCUT2D eigenvalue weighted by Crippen LogP contribution is 2.38. The van der Waals surface area contributed by atoms with Gasteiger partial charge in [0.25, 0.3) is 10.0 Å². The fourth-order valence-corrected chi connectivity index (χ4v) is 4.58. The van der Waals surface area contributed by atoms with E-state index in [2.05, 4.69) is 5.32 Å². The summed E-state index contributed by atoms with van der Waals surface area (Å²) >= 11 is 0. The zero-order valence-electron chi connectivity index (χ0n) is 12.9. The Morgan fingerprint density at radius 3 is 2.26 bits per heavy atom. The summed E-state index contributed by atoms with van der Waals surface area (Å²) in [6.07, 6.45) is 0. The minimum Gasteiger partial charge on any atom is -0.322 e. The number of benzene rings is 2. The van der Waals surface area contributed by atoms with E-state index in [1.807, 2.05) is 13.8 Å². The number of para-hydroxylation sites is 2. The fourth-order valence-electron chi connectivity index (χ4n) is 2.79. The monoisotopic (exact) mass is 330 g/mol. The van der Waals surface area contributed by atoms with Gasteiger partial charge in [-0.2, -0.15) is 0 Å². The third-order valence-corrected chi connectivity index (χ3v) is 5.66. The molecule has 0 fully saturated rings. The molecule has 1 aliphatic heterocycles. The number of amides is 1. The van der Waals surface area contributed by atoms with Crippen molar-refractivity contribution in [2.24, 2.45) is 5.92 Å². The average molecular weight is 330 g/mol. The summed E-state index contributed by atoms with van der Waals surface area (Å²) in [5.41, 5.74) is 1.00. The molecule has 1 amide bonds. The minimum atomic E-state index is -3.83. The van der Waals surface area contributed by atoms with Gasteiger partial charge in [-0.1, -0.05) is 44.2 Å². The number of nitrogens with zero attached hydrogens (tertiary/aromatic N) is 1. The fraction of sp³-hybridized carbons (Fsp3) is 0.235. The van der Waals surface area contributed by atoms with Crippen LogP contribution in [0.1, 0.15) is 13.8 Å². The number of hydrogen-bond acceptors (Lipinski definition) is 3. The van der Waals surface area contributed by atoms with Gasteiger partial charge in [0, 0.05) is 0 Å². The van der Waals surface area contributed by atoms with Crippen molar-refractivity contribution >= 4 is 27.3 Å². The first-order valence-corrected chi connectivity index (χ1v) is 8.86. The van der Waals surface area contributed by atoms with Crippen LogP contribution in [0.5, 0.6) is 0 Å². The van der Waals surface area contributed by atoms with Crippen LogP contribution < -0.4 is 9.62 Å². The van der Waals surface area contributed by atoms with Gasteiger partial charge in [0.15, 0.2) is 0 Å². The summed E-state index contributed by atoms with van der Waals surface area (Å²) in [5, 5.41) is 2.80. The lowest BCUT2D eigenvalue weighted by Gasteiger charge is -2.38. The van der Waals surface area contributed by atoms with Crippen molar-refractivity contribution < 1.29 is 13.2 Å². The Balaban J connectivity index is 2.23. The number of nitrogens with one attached hydrogen (secondary N) is 1. The number of hydrogen-bond donors (Lipinski definition) is 1. The van der Waals surface area contributed by atoms with Gasteiger partial charge >= 0.3 is 0 Å². The molecule has 0 saturated heterocycles. The highest BCUT2D eigenvalue weighted by Gasteiger charge is 2.42. The Morgan fingerprint density at radius 2 is 1.61 bits per heavy atom. The van der Waals surface area contributed by atoms with Crippen molar-refractivity contribution in [2.75, 3.05) is 9.62 Å². The van der Waals surface area contributed by atoms with Crippen LogP contribution in [0.4, 0.5) is 11.4 Å². The SMILES string of the molecule is CC(C)[C@H]1C(=O)Nc2ccccc2N1S(=O)(=O)c1ccccc1. The van der Waals surface area contributed by atoms with Gasteiger partial charge in [0.2, 0.25) is 5.91 Å². The van der Waals surface area contributed by atoms with Crippen molar-refractivity contribution in [3.8, 4) is 0 Å². The van der Waals surface area contributed by atoms with E-state index in [1.165, 1.54) is 4.31 Å². The Hall–Kier alpha value is -2.34. The van der Waals surface area contributed by atoms with E-state index in [0.29, 0.717) is 11.4 Å². The molecule has 1 atom stereocenters. The molecular weight excluding hydrogens is 312 g/mol. The lowest BCUT2D eigenvalue weighted by atomic mass is 10.0. The molecule has 0 unspecified atom stereocenters. The predicted octanol–water partition coefficient (Wildman–Crippen LogP) is 2.86. The van der Waals surface area contributed by atoms with Crippen molar-refractivity contribution in [1.82, 2.24) is 0 Å². The lowest BCUT2D eigenvalue weighted by Crippen LogP contribution is -2.53. The number of fused-ring (bicyclic) bond motifs is 1. The van der Waals surface area contributed by atoms with Gasteiger partial charge in [-0.15, -0.1) is 0 Å². The molecule has 0 aliphatic carbocycles. The number of carbonyl (C=O) groups excluding carboxylic acids is 1. The van der Waals surface area contributed by atoms with E-state index in [0.717, 1.165) is 0 Å². The van der Waals surface area contributed by atoms with Crippen LogP contribution >= 0.6 is 0 Å². The maximum Gasteiger partial charge on any atom is 0.265 e. The van der Waals surface area contributed by atoms with Crippen LogP contribution in [0.3, 0.4) is 0 Å². The predicted molar refractivity (Wildman–Crippen MR) is 89.8 cm³/mol. The molecule has 0 aromatic heterocycles. The van der Waals surface area contributed by atoms with E-state index in [-0.39, 0.29) is 16.7 Å². The molecule has 0 radical (unpaired) electrons. The van der Waals surface area contributed by atoms with E-state index >= 15 is 0 Å². The summed E-state index contributed by atoms with van der Waals surface area (Å²) < 4.78 is 27.6. The normalized spacial score (nSPS) is 17.8. The van der Waals surface area contributed by atoms with Gasteiger partial charge in [-0.3, -0.25) is 9.10 Å². The third-order valence-electron chi connectivity index (χ3n) is 3.85. The first-order valence-electron chi connectivity index (χ1n) is 7.42. The van der Waals surface area contributed by atoms with Crippen LogP contribution in [0, 0.1) is 5.92 Å². The molecule has 120 valence electrons. The third kappa shape index (κ3) is 2.59. The van der Waals surface area contributed by atoms with Crippen molar-refractivity contribution in [3.05, 3.63) is 54.6 Å². The van der Waals surface area contributed by atoms with Gasteiger partial charge in [0.1, 0.15) is 6.04 Å². The molecule has 6 heteroatoms. The van der Waals surface area contributed by atoms with E-state index in [9.17, 15) is 13.2 Å². The first kappa shape index (κ1) is 15.6. The molecule has 0 bridgehead atoms. The molecule has 0 spiro atoms. The van der Waals surface area contributed by atoms with Crippen LogP contribution in [0.2, 0.25) is 0 Å². The molecular formula is C17H18N2O3S. The van der Waals surface area contributed by atoms with Crippen LogP contribution in [-0.4, -0.2) is 20.4 Å². The molecule has 5 nitrogen and oxygen atoms in total. The Labute approximate surface area is 136 Å². The average Bonchev–Trinajstić information content (AvgIpc) is 2.54. The molecule has 2 aromatic carbocycles. The summed E-state index contributed by atoms with van der Waals surface area (Å²) in [6.45, 7) is 3.68. The Morgan fingerprint density at radius 1 is 1.00 bits per heavy atom. The Bertz CT molecular complexity index is 832. The van der Waals surface area contributed by atoms with Crippen LogP contribution in [0.25, 0.3) is 0 Å². The number of rotatable bonds is 3. The highest BCUT2D eigenvalue weighted by molar-refractivity contribution is 7.93. The molecule has 1 heterocycles. The first-order chi connectivity index (χ1) is 10.9. The quantitative estimate of drug-likeness (QED) is 0.941. The largest absolute Gasteiger partial charge is 0.322 e. The number of carbonyl (C=O) groups is 1. The summed E-state index contributed by atoms with van der Waals surface area (Å²) in [7, 11) is -3.83. The second kappa shape index (κ2) is 5.70. The second-order valence-electron chi connectivity index (χ2n) is 5.81. The standard InChI is InChI=1S/C17H18N2O3S/c1-12(2)16-17(20)18-14-10-6-7-11-15(14)19(16)23(21,22)13-8-4-3-5-9-13/h3-12,16H,1-2H3,(H,18,20)/t16-/m0/s1. The maximum absolute atomic E-state index is 13.2. The molecule has 0 saturated carbocycles. The molecule has 23 heavy (non-hydrogen) atoms. The van der Waals surface area contributed by atoms with Crippen molar-refractivity contribution in [2.45, 2.75) is 24.8 Å². The van der Waals surface area contributed by atoms with Gasteiger partial charge < -0.3 is 5.32 Å². The minimum absolute atomic E-state index is 0.165. The van der Waals surface area contributed by atoms with Crippen LogP contribution in [0.15, 0.2) is 59.5 Å². The lowest BCUT2D eigenvalue weighted by molar-refractivity contribution is -0.118. The second-order valence-corrected chi connectivity index (χ2v) is 7.62. The zero-order chi connectivity index (χ0) is 16.6. The maximum atomic E-state index is 13.2. The summed E-state index contributed by atoms with van der Waals surface area (Å²) in [6, 6.07) is 14.4. The number of anilines is 2. The van der Waals surface area contributed by atoms with Crippen LogP contribution in [-0.2, 0) is 14.8 Å². The zero-order valence-corrected chi connectivity index (χ0v) is 13.7. The van der Waals surface area contributed by atoms with Crippen molar-refractivity contribution in [1.29, 1.82) is 0 Å².